The van der Waals surface area contributed by atoms with E-state index in [0.29, 0.717) is 12.3 Å². The van der Waals surface area contributed by atoms with Crippen molar-refractivity contribution in [2.24, 2.45) is 5.92 Å². The number of carbonyl (C=O) groups is 1. The minimum atomic E-state index is 0.165. The van der Waals surface area contributed by atoms with E-state index in [4.69, 9.17) is 4.42 Å². The van der Waals surface area contributed by atoms with Crippen LogP contribution in [0.2, 0.25) is 0 Å². The second-order valence-corrected chi connectivity index (χ2v) is 7.16. The molecule has 1 N–H and O–H groups in total. The van der Waals surface area contributed by atoms with Gasteiger partial charge in [0.1, 0.15) is 5.65 Å². The van der Waals surface area contributed by atoms with Gasteiger partial charge in [0.2, 0.25) is 5.91 Å². The fourth-order valence-corrected chi connectivity index (χ4v) is 3.89. The number of furan rings is 1. The van der Waals surface area contributed by atoms with E-state index in [-0.39, 0.29) is 11.9 Å². The number of hydrogen-bond donors (Lipinski definition) is 1. The van der Waals surface area contributed by atoms with Crippen molar-refractivity contribution in [2.75, 3.05) is 25.0 Å². The maximum Gasteiger partial charge on any atom is 0.227 e. The van der Waals surface area contributed by atoms with Gasteiger partial charge in [-0.1, -0.05) is 6.92 Å². The summed E-state index contributed by atoms with van der Waals surface area (Å²) < 4.78 is 5.08. The molecule has 1 fully saturated rings. The summed E-state index contributed by atoms with van der Waals surface area (Å²) in [5, 5.41) is 1.11. The Morgan fingerprint density at radius 1 is 1.42 bits per heavy atom. The lowest BCUT2D eigenvalue weighted by atomic mass is 9.91. The molecule has 4 rings (SSSR count). The lowest BCUT2D eigenvalue weighted by molar-refractivity contribution is -0.132. The Kier molecular flexibility index (Phi) is 4.41. The minimum Gasteiger partial charge on any atom is -0.472 e. The van der Waals surface area contributed by atoms with E-state index >= 15 is 0 Å². The third kappa shape index (κ3) is 3.07. The number of amides is 1. The van der Waals surface area contributed by atoms with Crippen LogP contribution in [-0.2, 0) is 11.2 Å². The number of H-pyrrole nitrogens is 1. The summed E-state index contributed by atoms with van der Waals surface area (Å²) in [6, 6.07) is 6.24. The van der Waals surface area contributed by atoms with Crippen LogP contribution in [0, 0.1) is 5.92 Å². The SMILES string of the molecule is C[C@@H]1CCN(C(=O)Cc2ccoc2)C[C@@H]1N(C)c1ccnc2[nH]ccc12. The number of nitrogens with zero attached hydrogens (tertiary/aromatic N) is 3. The van der Waals surface area contributed by atoms with Gasteiger partial charge in [-0.05, 0) is 36.1 Å². The summed E-state index contributed by atoms with van der Waals surface area (Å²) in [5.74, 6) is 0.679. The maximum absolute atomic E-state index is 12.7. The molecule has 3 aromatic heterocycles. The van der Waals surface area contributed by atoms with Gasteiger partial charge in [0, 0.05) is 49.6 Å². The van der Waals surface area contributed by atoms with Crippen LogP contribution in [0.3, 0.4) is 0 Å². The number of pyridine rings is 1. The van der Waals surface area contributed by atoms with Crippen LogP contribution in [0.5, 0.6) is 0 Å². The number of aromatic amines is 1. The van der Waals surface area contributed by atoms with Crippen LogP contribution < -0.4 is 4.90 Å². The van der Waals surface area contributed by atoms with Gasteiger partial charge >= 0.3 is 0 Å². The highest BCUT2D eigenvalue weighted by atomic mass is 16.3. The van der Waals surface area contributed by atoms with E-state index < -0.39 is 0 Å². The smallest absolute Gasteiger partial charge is 0.227 e. The molecular formula is C20H24N4O2. The molecule has 1 aliphatic rings. The zero-order valence-electron chi connectivity index (χ0n) is 15.2. The quantitative estimate of drug-likeness (QED) is 0.784. The minimum absolute atomic E-state index is 0.165. The predicted molar refractivity (Wildman–Crippen MR) is 101 cm³/mol. The Morgan fingerprint density at radius 3 is 3.12 bits per heavy atom. The molecule has 2 atom stereocenters. The zero-order valence-corrected chi connectivity index (χ0v) is 15.2. The first-order valence-corrected chi connectivity index (χ1v) is 9.07. The monoisotopic (exact) mass is 352 g/mol. The van der Waals surface area contributed by atoms with Crippen molar-refractivity contribution in [2.45, 2.75) is 25.8 Å². The number of aromatic nitrogens is 2. The molecule has 136 valence electrons. The third-order valence-electron chi connectivity index (χ3n) is 5.52. The summed E-state index contributed by atoms with van der Waals surface area (Å²) in [7, 11) is 2.12. The van der Waals surface area contributed by atoms with Gasteiger partial charge < -0.3 is 19.2 Å². The van der Waals surface area contributed by atoms with Crippen molar-refractivity contribution < 1.29 is 9.21 Å². The highest BCUT2D eigenvalue weighted by Gasteiger charge is 2.32. The fraction of sp³-hybridized carbons (Fsp3) is 0.400. The summed E-state index contributed by atoms with van der Waals surface area (Å²) in [6.45, 7) is 3.83. The number of piperidine rings is 1. The summed E-state index contributed by atoms with van der Waals surface area (Å²) >= 11 is 0. The van der Waals surface area contributed by atoms with Crippen molar-refractivity contribution >= 4 is 22.6 Å². The molecule has 0 aliphatic carbocycles. The molecule has 3 aromatic rings. The van der Waals surface area contributed by atoms with Crippen LogP contribution >= 0.6 is 0 Å². The normalized spacial score (nSPS) is 20.5. The standard InChI is InChI=1S/C20H24N4O2/c1-14-5-9-24(19(25)11-15-6-10-26-13-15)12-18(14)23(2)17-4-8-22-20-16(17)3-7-21-20/h3-4,6-8,10,13-14,18H,5,9,11-12H2,1-2H3,(H,21,22)/t14-,18+/m1/s1. The van der Waals surface area contributed by atoms with Crippen LogP contribution in [0.15, 0.2) is 47.5 Å². The van der Waals surface area contributed by atoms with E-state index in [9.17, 15) is 4.79 Å². The first kappa shape index (κ1) is 16.7. The van der Waals surface area contributed by atoms with Crippen molar-refractivity contribution in [3.63, 3.8) is 0 Å². The molecule has 6 heteroatoms. The average molecular weight is 352 g/mol. The van der Waals surface area contributed by atoms with E-state index in [2.05, 4.69) is 41.0 Å². The summed E-state index contributed by atoms with van der Waals surface area (Å²) in [5.41, 5.74) is 2.98. The number of carbonyl (C=O) groups excluding carboxylic acids is 1. The summed E-state index contributed by atoms with van der Waals surface area (Å²) in [6.07, 6.45) is 8.42. The molecule has 1 saturated heterocycles. The molecule has 0 spiro atoms. The van der Waals surface area contributed by atoms with Crippen LogP contribution in [-0.4, -0.2) is 47.0 Å². The van der Waals surface area contributed by atoms with Gasteiger partial charge in [-0.15, -0.1) is 0 Å². The number of fused-ring (bicyclic) bond motifs is 1. The van der Waals surface area contributed by atoms with Crippen molar-refractivity contribution in [1.29, 1.82) is 0 Å². The first-order valence-electron chi connectivity index (χ1n) is 9.07. The molecule has 0 unspecified atom stereocenters. The van der Waals surface area contributed by atoms with Crippen molar-refractivity contribution in [3.8, 4) is 0 Å². The molecule has 0 saturated carbocycles. The molecule has 26 heavy (non-hydrogen) atoms. The number of hydrogen-bond acceptors (Lipinski definition) is 4. The Labute approximate surface area is 152 Å². The highest BCUT2D eigenvalue weighted by Crippen LogP contribution is 2.30. The van der Waals surface area contributed by atoms with Gasteiger partial charge in [0.25, 0.3) is 0 Å². The maximum atomic E-state index is 12.7. The Hall–Kier alpha value is -2.76. The lowest BCUT2D eigenvalue weighted by Crippen LogP contribution is -2.53. The lowest BCUT2D eigenvalue weighted by Gasteiger charge is -2.42. The average Bonchev–Trinajstić information content (AvgIpc) is 3.32. The van der Waals surface area contributed by atoms with Gasteiger partial charge in [0.05, 0.1) is 18.9 Å². The molecule has 1 amide bonds. The number of nitrogens with one attached hydrogen (secondary N) is 1. The summed E-state index contributed by atoms with van der Waals surface area (Å²) in [4.78, 5) is 24.5. The van der Waals surface area contributed by atoms with Gasteiger partial charge in [-0.2, -0.15) is 0 Å². The van der Waals surface area contributed by atoms with Crippen LogP contribution in [0.4, 0.5) is 5.69 Å². The second kappa shape index (κ2) is 6.86. The highest BCUT2D eigenvalue weighted by molar-refractivity contribution is 5.89. The molecule has 1 aliphatic heterocycles. The molecule has 0 bridgehead atoms. The first-order chi connectivity index (χ1) is 12.6. The molecular weight excluding hydrogens is 328 g/mol. The number of likely N-dealkylation sites (tertiary alicyclic amines) is 1. The number of anilines is 1. The van der Waals surface area contributed by atoms with Crippen molar-refractivity contribution in [3.05, 3.63) is 48.7 Å². The Bertz CT molecular complexity index is 886. The third-order valence-corrected chi connectivity index (χ3v) is 5.52. The van der Waals surface area contributed by atoms with E-state index in [1.54, 1.807) is 12.5 Å². The van der Waals surface area contributed by atoms with E-state index in [1.807, 2.05) is 23.4 Å². The van der Waals surface area contributed by atoms with Gasteiger partial charge in [-0.25, -0.2) is 4.98 Å². The Morgan fingerprint density at radius 2 is 2.31 bits per heavy atom. The largest absolute Gasteiger partial charge is 0.472 e. The predicted octanol–water partition coefficient (Wildman–Crippen LogP) is 3.07. The molecule has 4 heterocycles. The molecule has 0 radical (unpaired) electrons. The van der Waals surface area contributed by atoms with E-state index in [0.717, 1.165) is 41.8 Å². The van der Waals surface area contributed by atoms with Crippen molar-refractivity contribution in [1.82, 2.24) is 14.9 Å². The van der Waals surface area contributed by atoms with Crippen LogP contribution in [0.1, 0.15) is 18.9 Å². The number of rotatable bonds is 4. The van der Waals surface area contributed by atoms with Gasteiger partial charge in [0.15, 0.2) is 0 Å². The van der Waals surface area contributed by atoms with E-state index in [1.165, 1.54) is 0 Å². The fourth-order valence-electron chi connectivity index (χ4n) is 3.89. The zero-order chi connectivity index (χ0) is 18.1. The molecule has 0 aromatic carbocycles. The molecule has 6 nitrogen and oxygen atoms in total. The second-order valence-electron chi connectivity index (χ2n) is 7.16. The topological polar surface area (TPSA) is 65.4 Å². The number of likely N-dealkylation sites (N-methyl/N-ethyl adjacent to an activating group) is 1. The Balaban J connectivity index is 1.53. The van der Waals surface area contributed by atoms with Crippen LogP contribution in [0.25, 0.3) is 11.0 Å². The van der Waals surface area contributed by atoms with Gasteiger partial charge in [-0.3, -0.25) is 4.79 Å².